The van der Waals surface area contributed by atoms with Crippen LogP contribution in [0.5, 0.6) is 0 Å². The predicted molar refractivity (Wildman–Crippen MR) is 74.4 cm³/mol. The van der Waals surface area contributed by atoms with Crippen LogP contribution in [0.15, 0.2) is 0 Å². The maximum atomic E-state index is 12.3. The Labute approximate surface area is 117 Å². The molecule has 4 fully saturated rings. The number of hydrogen-bond donors (Lipinski definition) is 1. The van der Waals surface area contributed by atoms with Gasteiger partial charge in [0.2, 0.25) is 5.91 Å². The summed E-state index contributed by atoms with van der Waals surface area (Å²) in [6, 6.07) is 0. The first kappa shape index (κ1) is 11.7. The molecule has 100 valence electrons. The summed E-state index contributed by atoms with van der Waals surface area (Å²) in [5.74, 6) is 4.85. The van der Waals surface area contributed by atoms with E-state index in [9.17, 15) is 4.79 Å². The summed E-state index contributed by atoms with van der Waals surface area (Å²) >= 11 is 3.73. The van der Waals surface area contributed by atoms with Crippen LogP contribution in [0.1, 0.15) is 38.5 Å². The highest BCUT2D eigenvalue weighted by molar-refractivity contribution is 9.09. The van der Waals surface area contributed by atoms with E-state index in [0.29, 0.717) is 22.6 Å². The molecule has 4 saturated carbocycles. The van der Waals surface area contributed by atoms with Gasteiger partial charge >= 0.3 is 0 Å². The number of halogens is 1. The van der Waals surface area contributed by atoms with Gasteiger partial charge in [0.25, 0.3) is 0 Å². The summed E-state index contributed by atoms with van der Waals surface area (Å²) in [5, 5.41) is 3.25. The van der Waals surface area contributed by atoms with Crippen LogP contribution in [0.4, 0.5) is 0 Å². The van der Waals surface area contributed by atoms with Crippen molar-refractivity contribution in [2.45, 2.75) is 43.4 Å². The van der Waals surface area contributed by atoms with E-state index in [1.54, 1.807) is 0 Å². The van der Waals surface area contributed by atoms with Crippen LogP contribution in [0.25, 0.3) is 0 Å². The van der Waals surface area contributed by atoms with Crippen LogP contribution in [0.3, 0.4) is 0 Å². The van der Waals surface area contributed by atoms with E-state index in [0.717, 1.165) is 30.2 Å². The molecule has 4 aliphatic carbocycles. The second-order valence-corrected chi connectivity index (χ2v) is 8.14. The van der Waals surface area contributed by atoms with Gasteiger partial charge in [0.05, 0.1) is 0 Å². The zero-order valence-electron chi connectivity index (χ0n) is 10.8. The molecule has 18 heavy (non-hydrogen) atoms. The summed E-state index contributed by atoms with van der Waals surface area (Å²) in [4.78, 5) is 12.9. The van der Waals surface area contributed by atoms with E-state index in [1.165, 1.54) is 38.5 Å². The number of hydrogen-bond acceptors (Lipinski definition) is 1. The van der Waals surface area contributed by atoms with Gasteiger partial charge < -0.3 is 5.32 Å². The number of rotatable bonds is 3. The van der Waals surface area contributed by atoms with Crippen molar-refractivity contribution in [1.82, 2.24) is 5.32 Å². The smallest absolute Gasteiger partial charge is 0.223 e. The van der Waals surface area contributed by atoms with E-state index in [2.05, 4.69) is 21.2 Å². The average Bonchev–Trinajstić information content (AvgIpc) is 2.69. The Morgan fingerprint density at radius 1 is 1.11 bits per heavy atom. The van der Waals surface area contributed by atoms with Crippen molar-refractivity contribution in [3.8, 4) is 0 Å². The van der Waals surface area contributed by atoms with Crippen LogP contribution in [-0.4, -0.2) is 17.3 Å². The first-order valence-electron chi connectivity index (χ1n) is 7.67. The molecule has 0 radical (unpaired) electrons. The highest BCUT2D eigenvalue weighted by Gasteiger charge is 2.67. The molecule has 1 amide bonds. The first-order chi connectivity index (χ1) is 8.75. The van der Waals surface area contributed by atoms with Gasteiger partial charge in [0.15, 0.2) is 0 Å². The minimum absolute atomic E-state index is 0.383. The first-order valence-corrected chi connectivity index (χ1v) is 8.59. The number of nitrogens with one attached hydrogen (secondary N) is 1. The lowest BCUT2D eigenvalue weighted by atomic mass is 10.0. The second-order valence-electron chi connectivity index (χ2n) is 6.97. The van der Waals surface area contributed by atoms with E-state index < -0.39 is 0 Å². The van der Waals surface area contributed by atoms with Gasteiger partial charge in [-0.05, 0) is 61.7 Å². The molecule has 0 heterocycles. The minimum Gasteiger partial charge on any atom is -0.356 e. The van der Waals surface area contributed by atoms with Crippen molar-refractivity contribution in [3.63, 3.8) is 0 Å². The van der Waals surface area contributed by atoms with Crippen molar-refractivity contribution in [2.24, 2.45) is 35.5 Å². The number of carbonyl (C=O) groups excluding carboxylic acids is 1. The van der Waals surface area contributed by atoms with Crippen LogP contribution < -0.4 is 5.32 Å². The summed E-state index contributed by atoms with van der Waals surface area (Å²) in [7, 11) is 0. The van der Waals surface area contributed by atoms with Gasteiger partial charge in [-0.1, -0.05) is 22.4 Å². The van der Waals surface area contributed by atoms with E-state index in [4.69, 9.17) is 0 Å². The monoisotopic (exact) mass is 311 g/mol. The van der Waals surface area contributed by atoms with E-state index >= 15 is 0 Å². The topological polar surface area (TPSA) is 29.1 Å². The van der Waals surface area contributed by atoms with Crippen LogP contribution in [0.2, 0.25) is 0 Å². The molecule has 4 aliphatic rings. The Hall–Kier alpha value is -0.0500. The van der Waals surface area contributed by atoms with Crippen LogP contribution >= 0.6 is 15.9 Å². The van der Waals surface area contributed by atoms with Crippen molar-refractivity contribution < 1.29 is 4.79 Å². The largest absolute Gasteiger partial charge is 0.356 e. The van der Waals surface area contributed by atoms with E-state index in [1.807, 2.05) is 0 Å². The SMILES string of the molecule is O=C(NCC1CCCC1Br)C1C2C3CCC(C3)C12. The zero-order valence-corrected chi connectivity index (χ0v) is 12.4. The lowest BCUT2D eigenvalue weighted by molar-refractivity contribution is -0.123. The summed E-state index contributed by atoms with van der Waals surface area (Å²) < 4.78 is 0. The Morgan fingerprint density at radius 2 is 1.83 bits per heavy atom. The van der Waals surface area contributed by atoms with Crippen molar-refractivity contribution in [2.75, 3.05) is 6.54 Å². The molecule has 2 bridgehead atoms. The number of amides is 1. The van der Waals surface area contributed by atoms with Gasteiger partial charge in [0.1, 0.15) is 0 Å². The standard InChI is InChI=1S/C15H22BrNO/c16-11-3-1-2-10(11)7-17-15(18)14-12-8-4-5-9(6-8)13(12)14/h8-14H,1-7H2,(H,17,18). The Bertz CT molecular complexity index is 356. The predicted octanol–water partition coefficient (Wildman–Crippen LogP) is 2.96. The number of alkyl halides is 1. The molecule has 0 aliphatic heterocycles. The molecule has 6 atom stereocenters. The van der Waals surface area contributed by atoms with E-state index in [-0.39, 0.29) is 0 Å². The third kappa shape index (κ3) is 1.69. The van der Waals surface area contributed by atoms with Crippen LogP contribution in [-0.2, 0) is 4.79 Å². The summed E-state index contributed by atoms with van der Waals surface area (Å²) in [6.07, 6.45) is 8.11. The second kappa shape index (κ2) is 4.22. The molecule has 0 aromatic heterocycles. The normalized spacial score (nSPS) is 52.4. The molecule has 3 heteroatoms. The molecule has 0 aromatic rings. The van der Waals surface area contributed by atoms with Crippen molar-refractivity contribution in [3.05, 3.63) is 0 Å². The molecule has 4 rings (SSSR count). The Kier molecular flexibility index (Phi) is 2.76. The molecule has 1 N–H and O–H groups in total. The Balaban J connectivity index is 1.30. The van der Waals surface area contributed by atoms with Crippen molar-refractivity contribution >= 4 is 21.8 Å². The summed E-state index contributed by atoms with van der Waals surface area (Å²) in [6.45, 7) is 0.903. The summed E-state index contributed by atoms with van der Waals surface area (Å²) in [5.41, 5.74) is 0. The highest BCUT2D eigenvalue weighted by atomic mass is 79.9. The van der Waals surface area contributed by atoms with Gasteiger partial charge in [-0.25, -0.2) is 0 Å². The molecule has 2 nitrogen and oxygen atoms in total. The van der Waals surface area contributed by atoms with Crippen molar-refractivity contribution in [1.29, 1.82) is 0 Å². The maximum absolute atomic E-state index is 12.3. The molecular formula is C15H22BrNO. The lowest BCUT2D eigenvalue weighted by Gasteiger charge is -2.15. The minimum atomic E-state index is 0.383. The highest BCUT2D eigenvalue weighted by Crippen LogP contribution is 2.69. The molecule has 6 unspecified atom stereocenters. The fourth-order valence-corrected chi connectivity index (χ4v) is 6.02. The zero-order chi connectivity index (χ0) is 12.3. The van der Waals surface area contributed by atoms with Gasteiger partial charge in [-0.3, -0.25) is 4.79 Å². The molecule has 0 saturated heterocycles. The Morgan fingerprint density at radius 3 is 2.44 bits per heavy atom. The maximum Gasteiger partial charge on any atom is 0.223 e. The fraction of sp³-hybridized carbons (Fsp3) is 0.933. The third-order valence-corrected chi connectivity index (χ3v) is 7.35. The fourth-order valence-electron chi connectivity index (χ4n) is 5.25. The van der Waals surface area contributed by atoms with Gasteiger partial charge in [0, 0.05) is 17.3 Å². The van der Waals surface area contributed by atoms with Gasteiger partial charge in [-0.2, -0.15) is 0 Å². The molecular weight excluding hydrogens is 290 g/mol. The van der Waals surface area contributed by atoms with Gasteiger partial charge in [-0.15, -0.1) is 0 Å². The number of fused-ring (bicyclic) bond motifs is 5. The molecule has 0 spiro atoms. The third-order valence-electron chi connectivity index (χ3n) is 6.14. The quantitative estimate of drug-likeness (QED) is 0.798. The molecule has 0 aromatic carbocycles. The lowest BCUT2D eigenvalue weighted by Crippen LogP contribution is -2.33. The number of carbonyl (C=O) groups is 1. The van der Waals surface area contributed by atoms with Crippen LogP contribution in [0, 0.1) is 35.5 Å². The average molecular weight is 312 g/mol.